The largest absolute Gasteiger partial charge is 0.416 e. The monoisotopic (exact) mass is 480 g/mol. The number of carbonyl (C=O) groups is 1. The number of benzene rings is 1. The summed E-state index contributed by atoms with van der Waals surface area (Å²) in [6.45, 7) is 2.28. The standard InChI is InChI=1S/C26H32F4N2O2/c1-16-19(25(34)31-22-9-5-6-10-24(22)33)14-23(32(16)15-17-7-3-2-4-8-17)20-13-18(26(28,29)30)11-12-21(20)27/h11-14,17,22,24,33H,2-10,15H2,1H3,(H,31,34)/t22-,24-/m0/s1. The number of aliphatic hydroxyl groups excluding tert-OH is 1. The molecule has 2 aliphatic rings. The SMILES string of the molecule is Cc1c(C(=O)N[C@H]2CCCC[C@@H]2O)cc(-c2cc(C(F)(F)F)ccc2F)n1CC1CCCCC1. The molecule has 0 unspecified atom stereocenters. The van der Waals surface area contributed by atoms with Crippen molar-refractivity contribution in [2.24, 2.45) is 5.92 Å². The molecule has 186 valence electrons. The van der Waals surface area contributed by atoms with Gasteiger partial charge >= 0.3 is 6.18 Å². The maximum atomic E-state index is 14.9. The van der Waals surface area contributed by atoms with Gasteiger partial charge in [-0.25, -0.2) is 4.39 Å². The van der Waals surface area contributed by atoms with Crippen molar-refractivity contribution in [1.29, 1.82) is 0 Å². The van der Waals surface area contributed by atoms with Crippen LogP contribution in [0.2, 0.25) is 0 Å². The molecular weight excluding hydrogens is 448 g/mol. The number of amides is 1. The van der Waals surface area contributed by atoms with Gasteiger partial charge in [-0.15, -0.1) is 0 Å². The maximum Gasteiger partial charge on any atom is 0.416 e. The highest BCUT2D eigenvalue weighted by molar-refractivity contribution is 5.97. The van der Waals surface area contributed by atoms with Crippen LogP contribution < -0.4 is 5.32 Å². The third-order valence-corrected chi connectivity index (χ3v) is 7.39. The van der Waals surface area contributed by atoms with Crippen LogP contribution >= 0.6 is 0 Å². The summed E-state index contributed by atoms with van der Waals surface area (Å²) in [7, 11) is 0. The Labute approximate surface area is 197 Å². The van der Waals surface area contributed by atoms with Gasteiger partial charge in [-0.2, -0.15) is 13.2 Å². The third kappa shape index (κ3) is 5.32. The number of rotatable bonds is 5. The van der Waals surface area contributed by atoms with E-state index in [2.05, 4.69) is 5.32 Å². The van der Waals surface area contributed by atoms with Crippen LogP contribution in [0.15, 0.2) is 24.3 Å². The van der Waals surface area contributed by atoms with Gasteiger partial charge in [-0.1, -0.05) is 32.1 Å². The zero-order valence-corrected chi connectivity index (χ0v) is 19.4. The Bertz CT molecular complexity index is 1020. The summed E-state index contributed by atoms with van der Waals surface area (Å²) in [6.07, 6.45) is 3.21. The van der Waals surface area contributed by atoms with E-state index < -0.39 is 23.7 Å². The second-order valence-electron chi connectivity index (χ2n) is 9.77. The van der Waals surface area contributed by atoms with Crippen LogP contribution in [0.1, 0.15) is 79.4 Å². The molecule has 2 aromatic rings. The van der Waals surface area contributed by atoms with Crippen LogP contribution in [-0.2, 0) is 12.7 Å². The minimum Gasteiger partial charge on any atom is -0.391 e. The van der Waals surface area contributed by atoms with Gasteiger partial charge in [0.15, 0.2) is 0 Å². The number of hydrogen-bond acceptors (Lipinski definition) is 2. The van der Waals surface area contributed by atoms with Crippen molar-refractivity contribution in [3.63, 3.8) is 0 Å². The highest BCUT2D eigenvalue weighted by Crippen LogP contribution is 2.36. The van der Waals surface area contributed by atoms with Crippen molar-refractivity contribution < 1.29 is 27.5 Å². The molecule has 0 spiro atoms. The number of halogens is 4. The van der Waals surface area contributed by atoms with Gasteiger partial charge < -0.3 is 15.0 Å². The lowest BCUT2D eigenvalue weighted by Crippen LogP contribution is -2.45. The minimum absolute atomic E-state index is 0.162. The molecule has 34 heavy (non-hydrogen) atoms. The Kier molecular flexibility index (Phi) is 7.36. The van der Waals surface area contributed by atoms with E-state index in [-0.39, 0.29) is 23.2 Å². The molecule has 2 aliphatic carbocycles. The van der Waals surface area contributed by atoms with E-state index in [1.165, 1.54) is 6.07 Å². The molecule has 2 atom stereocenters. The Balaban J connectivity index is 1.73. The molecule has 0 aliphatic heterocycles. The summed E-state index contributed by atoms with van der Waals surface area (Å²) in [6, 6.07) is 3.54. The molecule has 2 fully saturated rings. The van der Waals surface area contributed by atoms with Crippen molar-refractivity contribution >= 4 is 5.91 Å². The Morgan fingerprint density at radius 1 is 1.06 bits per heavy atom. The molecule has 2 N–H and O–H groups in total. The summed E-state index contributed by atoms with van der Waals surface area (Å²) >= 11 is 0. The summed E-state index contributed by atoms with van der Waals surface area (Å²) < 4.78 is 56.8. The van der Waals surface area contributed by atoms with E-state index in [1.807, 2.05) is 0 Å². The number of nitrogens with one attached hydrogen (secondary N) is 1. The summed E-state index contributed by atoms with van der Waals surface area (Å²) in [5, 5.41) is 13.2. The predicted octanol–water partition coefficient (Wildman–Crippen LogP) is 6.24. The summed E-state index contributed by atoms with van der Waals surface area (Å²) in [5.41, 5.74) is 0.0929. The molecule has 1 aromatic carbocycles. The number of hydrogen-bond donors (Lipinski definition) is 2. The zero-order valence-electron chi connectivity index (χ0n) is 19.4. The fourth-order valence-corrected chi connectivity index (χ4v) is 5.39. The van der Waals surface area contributed by atoms with Gasteiger partial charge in [-0.3, -0.25) is 4.79 Å². The van der Waals surface area contributed by atoms with Gasteiger partial charge in [0.25, 0.3) is 5.91 Å². The first-order chi connectivity index (χ1) is 16.1. The van der Waals surface area contributed by atoms with Gasteiger partial charge in [0.2, 0.25) is 0 Å². The third-order valence-electron chi connectivity index (χ3n) is 7.39. The van der Waals surface area contributed by atoms with E-state index in [9.17, 15) is 27.5 Å². The van der Waals surface area contributed by atoms with Crippen molar-refractivity contribution in [3.05, 3.63) is 46.9 Å². The highest BCUT2D eigenvalue weighted by atomic mass is 19.4. The number of aromatic nitrogens is 1. The molecule has 0 radical (unpaired) electrons. The summed E-state index contributed by atoms with van der Waals surface area (Å²) in [4.78, 5) is 13.2. The van der Waals surface area contributed by atoms with Gasteiger partial charge in [0.05, 0.1) is 29.0 Å². The normalized spacial score (nSPS) is 22.1. The lowest BCUT2D eigenvalue weighted by Gasteiger charge is -2.28. The van der Waals surface area contributed by atoms with Crippen molar-refractivity contribution in [1.82, 2.24) is 9.88 Å². The van der Waals surface area contributed by atoms with Crippen LogP contribution in [-0.4, -0.2) is 27.7 Å². The first-order valence-corrected chi connectivity index (χ1v) is 12.2. The van der Waals surface area contributed by atoms with Crippen molar-refractivity contribution in [2.45, 2.75) is 89.6 Å². The number of alkyl halides is 3. The number of nitrogens with zero attached hydrogens (tertiary/aromatic N) is 1. The number of aliphatic hydroxyl groups is 1. The fourth-order valence-electron chi connectivity index (χ4n) is 5.39. The topological polar surface area (TPSA) is 54.3 Å². The van der Waals surface area contributed by atoms with E-state index in [4.69, 9.17) is 0 Å². The van der Waals surface area contributed by atoms with Crippen LogP contribution in [0, 0.1) is 18.7 Å². The zero-order chi connectivity index (χ0) is 24.5. The Hall–Kier alpha value is -2.35. The molecule has 1 amide bonds. The molecule has 4 nitrogen and oxygen atoms in total. The molecule has 0 saturated heterocycles. The quantitative estimate of drug-likeness (QED) is 0.498. The van der Waals surface area contributed by atoms with Crippen LogP contribution in [0.25, 0.3) is 11.3 Å². The van der Waals surface area contributed by atoms with E-state index in [0.717, 1.165) is 63.1 Å². The lowest BCUT2D eigenvalue weighted by molar-refractivity contribution is -0.137. The van der Waals surface area contributed by atoms with Gasteiger partial charge in [0, 0.05) is 17.8 Å². The first kappa shape index (κ1) is 24.8. The maximum absolute atomic E-state index is 14.9. The highest BCUT2D eigenvalue weighted by Gasteiger charge is 2.33. The van der Waals surface area contributed by atoms with Crippen molar-refractivity contribution in [2.75, 3.05) is 0 Å². The molecule has 0 bridgehead atoms. The number of carbonyl (C=O) groups excluding carboxylic acids is 1. The Morgan fingerprint density at radius 3 is 2.41 bits per heavy atom. The van der Waals surface area contributed by atoms with E-state index in [1.54, 1.807) is 11.5 Å². The van der Waals surface area contributed by atoms with Crippen molar-refractivity contribution in [3.8, 4) is 11.3 Å². The second kappa shape index (κ2) is 10.1. The smallest absolute Gasteiger partial charge is 0.391 e. The van der Waals surface area contributed by atoms with E-state index >= 15 is 0 Å². The predicted molar refractivity (Wildman–Crippen MR) is 122 cm³/mol. The van der Waals surface area contributed by atoms with Crippen LogP contribution in [0.3, 0.4) is 0 Å². The minimum atomic E-state index is -4.60. The fraction of sp³-hybridized carbons (Fsp3) is 0.577. The van der Waals surface area contributed by atoms with Crippen LogP contribution in [0.4, 0.5) is 17.6 Å². The molecule has 2 saturated carbocycles. The van der Waals surface area contributed by atoms with Gasteiger partial charge in [-0.05, 0) is 62.8 Å². The van der Waals surface area contributed by atoms with Crippen LogP contribution in [0.5, 0.6) is 0 Å². The molecular formula is C26H32F4N2O2. The lowest BCUT2D eigenvalue weighted by atomic mass is 9.89. The molecule has 4 rings (SSSR count). The molecule has 1 aromatic heterocycles. The van der Waals surface area contributed by atoms with Gasteiger partial charge in [0.1, 0.15) is 5.82 Å². The first-order valence-electron chi connectivity index (χ1n) is 12.2. The second-order valence-corrected chi connectivity index (χ2v) is 9.77. The van der Waals surface area contributed by atoms with E-state index in [0.29, 0.717) is 36.6 Å². The average molecular weight is 481 g/mol. The Morgan fingerprint density at radius 2 is 1.74 bits per heavy atom. The summed E-state index contributed by atoms with van der Waals surface area (Å²) in [5.74, 6) is -0.826. The molecule has 8 heteroatoms. The average Bonchev–Trinajstić information content (AvgIpc) is 3.11. The molecule has 1 heterocycles.